The maximum absolute atomic E-state index is 12.4. The first-order valence-corrected chi connectivity index (χ1v) is 8.41. The molecule has 26 heavy (non-hydrogen) atoms. The van der Waals surface area contributed by atoms with Crippen molar-refractivity contribution in [2.45, 2.75) is 13.0 Å². The second-order valence-electron chi connectivity index (χ2n) is 5.79. The molecule has 0 aliphatic heterocycles. The molecule has 3 aromatic rings. The first-order valence-electron chi connectivity index (χ1n) is 8.03. The Balaban J connectivity index is 1.63. The molecule has 0 aliphatic carbocycles. The number of anilines is 1. The lowest BCUT2D eigenvalue weighted by Gasteiger charge is -2.31. The van der Waals surface area contributed by atoms with Crippen LogP contribution in [0.15, 0.2) is 60.9 Å². The van der Waals surface area contributed by atoms with Crippen molar-refractivity contribution in [3.8, 4) is 5.75 Å². The summed E-state index contributed by atoms with van der Waals surface area (Å²) >= 11 is 5.90. The second-order valence-corrected chi connectivity index (χ2v) is 6.22. The van der Waals surface area contributed by atoms with E-state index >= 15 is 0 Å². The number of rotatable bonds is 5. The van der Waals surface area contributed by atoms with Crippen LogP contribution in [0.25, 0.3) is 10.8 Å². The van der Waals surface area contributed by atoms with E-state index in [0.717, 1.165) is 5.39 Å². The minimum atomic E-state index is -0.753. The van der Waals surface area contributed by atoms with Gasteiger partial charge in [0.25, 0.3) is 0 Å². The van der Waals surface area contributed by atoms with Gasteiger partial charge in [-0.3, -0.25) is 4.98 Å². The molecule has 134 valence electrons. The Morgan fingerprint density at radius 1 is 1.31 bits per heavy atom. The molecule has 1 atom stereocenters. The minimum absolute atomic E-state index is 0.208. The summed E-state index contributed by atoms with van der Waals surface area (Å²) in [5, 5.41) is 17.4. The third-order valence-corrected chi connectivity index (χ3v) is 3.96. The molecule has 0 spiro atoms. The molecule has 0 saturated carbocycles. The van der Waals surface area contributed by atoms with E-state index in [9.17, 15) is 10.0 Å². The van der Waals surface area contributed by atoms with Crippen molar-refractivity contribution >= 4 is 34.1 Å². The molecule has 0 bridgehead atoms. The van der Waals surface area contributed by atoms with Crippen molar-refractivity contribution < 1.29 is 9.53 Å². The molecule has 1 aromatic heterocycles. The van der Waals surface area contributed by atoms with Crippen molar-refractivity contribution in [3.63, 3.8) is 0 Å². The van der Waals surface area contributed by atoms with Gasteiger partial charge in [0.1, 0.15) is 12.4 Å². The lowest BCUT2D eigenvalue weighted by Crippen LogP contribution is -2.43. The fourth-order valence-corrected chi connectivity index (χ4v) is 2.66. The smallest absolute Gasteiger partial charge is 0.311 e. The summed E-state index contributed by atoms with van der Waals surface area (Å²) in [6.45, 7) is 1.96. The van der Waals surface area contributed by atoms with E-state index in [2.05, 4.69) is 10.3 Å². The zero-order valence-electron chi connectivity index (χ0n) is 14.1. The molecule has 1 N–H and O–H groups in total. The molecule has 2 amide bonds. The molecule has 2 aromatic carbocycles. The van der Waals surface area contributed by atoms with Gasteiger partial charge in [0.05, 0.1) is 6.04 Å². The van der Waals surface area contributed by atoms with Crippen LogP contribution in [-0.2, 0) is 0 Å². The normalized spacial score (nSPS) is 11.8. The summed E-state index contributed by atoms with van der Waals surface area (Å²) in [6, 6.07) is 12.7. The third kappa shape index (κ3) is 4.22. The van der Waals surface area contributed by atoms with Crippen LogP contribution in [0, 0.1) is 5.21 Å². The number of hydrogen-bond donors (Lipinski definition) is 1. The number of carbonyl (C=O) groups is 1. The molecule has 1 unspecified atom stereocenters. The lowest BCUT2D eigenvalue weighted by atomic mass is 10.1. The van der Waals surface area contributed by atoms with Crippen LogP contribution < -0.4 is 15.1 Å². The average Bonchev–Trinajstić information content (AvgIpc) is 2.65. The van der Waals surface area contributed by atoms with Gasteiger partial charge in [0.15, 0.2) is 0 Å². The van der Waals surface area contributed by atoms with E-state index in [-0.39, 0.29) is 18.3 Å². The zero-order valence-corrected chi connectivity index (χ0v) is 14.8. The number of hydrogen-bond acceptors (Lipinski definition) is 4. The highest BCUT2D eigenvalue weighted by Gasteiger charge is 2.13. The number of fused-ring (bicyclic) bond motifs is 1. The highest BCUT2D eigenvalue weighted by Crippen LogP contribution is 2.25. The number of nitrogens with zero attached hydrogens (tertiary/aromatic N) is 2. The molecule has 6 nitrogen and oxygen atoms in total. The number of nitrogens with one attached hydrogen (secondary N) is 1. The number of ether oxygens (including phenoxy) is 1. The van der Waals surface area contributed by atoms with E-state index in [4.69, 9.17) is 16.3 Å². The Labute approximate surface area is 155 Å². The van der Waals surface area contributed by atoms with Crippen LogP contribution >= 0.6 is 11.6 Å². The largest absolute Gasteiger partial charge is 0.750 e. The van der Waals surface area contributed by atoms with Gasteiger partial charge in [-0.1, -0.05) is 29.8 Å². The van der Waals surface area contributed by atoms with Crippen molar-refractivity contribution in [1.29, 1.82) is 0 Å². The summed E-state index contributed by atoms with van der Waals surface area (Å²) < 4.78 is 5.58. The Hall–Kier alpha value is -2.83. The molecule has 1 heterocycles. The minimum Gasteiger partial charge on any atom is -0.750 e. The number of halogens is 1. The monoisotopic (exact) mass is 370 g/mol. The summed E-state index contributed by atoms with van der Waals surface area (Å²) in [6.07, 6.45) is 3.23. The lowest BCUT2D eigenvalue weighted by molar-refractivity contribution is 0.233. The number of hydroxylamine groups is 1. The van der Waals surface area contributed by atoms with E-state index in [1.54, 1.807) is 61.8 Å². The Morgan fingerprint density at radius 3 is 2.92 bits per heavy atom. The second kappa shape index (κ2) is 8.03. The van der Waals surface area contributed by atoms with Crippen LogP contribution in [0.5, 0.6) is 5.75 Å². The number of aromatic nitrogens is 1. The fourth-order valence-electron chi connectivity index (χ4n) is 2.48. The first kappa shape index (κ1) is 18.0. The Morgan fingerprint density at radius 2 is 2.12 bits per heavy atom. The van der Waals surface area contributed by atoms with Gasteiger partial charge in [-0.05, 0) is 37.3 Å². The standard InChI is InChI=1S/C19H17ClN3O3/c1-13(12-26-16-6-3-5-15(20)10-16)22-19(24)23(25)18-7-2-4-14-11-21-9-8-17(14)18/h2-11,13H,12H2,1H3,(H,22,24)/q-1. The van der Waals surface area contributed by atoms with Crippen LogP contribution in [0.4, 0.5) is 10.5 Å². The van der Waals surface area contributed by atoms with Gasteiger partial charge >= 0.3 is 6.03 Å². The number of carbonyl (C=O) groups excluding carboxylic acids is 1. The first-order chi connectivity index (χ1) is 12.5. The number of urea groups is 1. The van der Waals surface area contributed by atoms with Gasteiger partial charge in [0, 0.05) is 33.9 Å². The predicted molar refractivity (Wildman–Crippen MR) is 103 cm³/mol. The van der Waals surface area contributed by atoms with Gasteiger partial charge < -0.3 is 20.3 Å². The maximum Gasteiger partial charge on any atom is 0.311 e. The summed E-state index contributed by atoms with van der Waals surface area (Å²) in [7, 11) is 0. The van der Waals surface area contributed by atoms with Gasteiger partial charge in [-0.15, -0.1) is 0 Å². The number of amides is 2. The SMILES string of the molecule is CC(COc1cccc(Cl)c1)NC(=O)N([O-])c1cccc2cnccc12. The highest BCUT2D eigenvalue weighted by molar-refractivity contribution is 6.30. The zero-order chi connectivity index (χ0) is 18.5. The van der Waals surface area contributed by atoms with E-state index < -0.39 is 6.03 Å². The highest BCUT2D eigenvalue weighted by atomic mass is 35.5. The Kier molecular flexibility index (Phi) is 5.55. The maximum atomic E-state index is 12.4. The molecule has 0 aliphatic rings. The van der Waals surface area contributed by atoms with Gasteiger partial charge in [-0.2, -0.15) is 0 Å². The molecular weight excluding hydrogens is 354 g/mol. The molecule has 3 rings (SSSR count). The number of pyridine rings is 1. The molecule has 0 fully saturated rings. The molecule has 0 saturated heterocycles. The van der Waals surface area contributed by atoms with E-state index in [1.807, 2.05) is 6.07 Å². The topological polar surface area (TPSA) is 77.5 Å². The van der Waals surface area contributed by atoms with Gasteiger partial charge in [0.2, 0.25) is 0 Å². The van der Waals surface area contributed by atoms with Gasteiger partial charge in [-0.25, -0.2) is 4.79 Å². The van der Waals surface area contributed by atoms with Crippen molar-refractivity contribution in [1.82, 2.24) is 10.3 Å². The third-order valence-electron chi connectivity index (χ3n) is 3.73. The van der Waals surface area contributed by atoms with Crippen LogP contribution in [0.2, 0.25) is 5.02 Å². The molecule has 7 heteroatoms. The van der Waals surface area contributed by atoms with Crippen LogP contribution in [0.1, 0.15) is 6.92 Å². The van der Waals surface area contributed by atoms with Crippen LogP contribution in [-0.4, -0.2) is 23.7 Å². The Bertz CT molecular complexity index is 914. The quantitative estimate of drug-likeness (QED) is 0.676. The summed E-state index contributed by atoms with van der Waals surface area (Å²) in [5.41, 5.74) is 0.269. The summed E-state index contributed by atoms with van der Waals surface area (Å²) in [5.74, 6) is 0.596. The van der Waals surface area contributed by atoms with Crippen LogP contribution in [0.3, 0.4) is 0 Å². The van der Waals surface area contributed by atoms with Crippen molar-refractivity contribution in [3.05, 3.63) is 71.2 Å². The fraction of sp³-hybridized carbons (Fsp3) is 0.158. The average molecular weight is 371 g/mol. The number of benzene rings is 2. The predicted octanol–water partition coefficient (Wildman–Crippen LogP) is 4.37. The summed E-state index contributed by atoms with van der Waals surface area (Å²) in [4.78, 5) is 16.3. The van der Waals surface area contributed by atoms with Crippen molar-refractivity contribution in [2.24, 2.45) is 0 Å². The van der Waals surface area contributed by atoms with E-state index in [1.165, 1.54) is 0 Å². The van der Waals surface area contributed by atoms with Crippen molar-refractivity contribution in [2.75, 3.05) is 11.7 Å². The molecular formula is C19H17ClN3O3-. The van der Waals surface area contributed by atoms with E-state index in [0.29, 0.717) is 21.2 Å². The molecule has 0 radical (unpaired) electrons.